The summed E-state index contributed by atoms with van der Waals surface area (Å²) in [6, 6.07) is 15.3. The minimum Gasteiger partial charge on any atom is -0.355 e. The van der Waals surface area contributed by atoms with Crippen molar-refractivity contribution in [2.75, 3.05) is 24.5 Å². The highest BCUT2D eigenvalue weighted by atomic mass is 16.2. The van der Waals surface area contributed by atoms with Crippen LogP contribution in [0.15, 0.2) is 65.8 Å². The van der Waals surface area contributed by atoms with Crippen molar-refractivity contribution in [3.8, 4) is 11.3 Å². The molecule has 154 valence electrons. The van der Waals surface area contributed by atoms with Gasteiger partial charge in [0.1, 0.15) is 0 Å². The Morgan fingerprint density at radius 2 is 1.83 bits per heavy atom. The summed E-state index contributed by atoms with van der Waals surface area (Å²) in [4.78, 5) is 30.2. The molecule has 0 saturated carbocycles. The number of benzene rings is 1. The van der Waals surface area contributed by atoms with Gasteiger partial charge in [0.25, 0.3) is 5.56 Å². The van der Waals surface area contributed by atoms with E-state index in [1.54, 1.807) is 0 Å². The first-order valence-corrected chi connectivity index (χ1v) is 10.1. The van der Waals surface area contributed by atoms with Gasteiger partial charge in [-0.1, -0.05) is 30.3 Å². The summed E-state index contributed by atoms with van der Waals surface area (Å²) < 4.78 is 1.49. The van der Waals surface area contributed by atoms with E-state index in [-0.39, 0.29) is 17.4 Å². The third-order valence-electron chi connectivity index (χ3n) is 5.35. The second kappa shape index (κ2) is 9.30. The second-order valence-corrected chi connectivity index (χ2v) is 7.31. The number of carbonyl (C=O) groups is 1. The summed E-state index contributed by atoms with van der Waals surface area (Å²) in [5, 5.41) is 11.7. The molecule has 1 aliphatic heterocycles. The number of hydrogen-bond donors (Lipinski definition) is 1. The molecule has 1 N–H and O–H groups in total. The van der Waals surface area contributed by atoms with Crippen LogP contribution in [0.1, 0.15) is 12.8 Å². The average Bonchev–Trinajstić information content (AvgIpc) is 2.81. The smallest absolute Gasteiger partial charge is 0.253 e. The summed E-state index contributed by atoms with van der Waals surface area (Å²) in [5.74, 6) is 0.852. The van der Waals surface area contributed by atoms with Crippen LogP contribution >= 0.6 is 0 Å². The lowest BCUT2D eigenvalue weighted by Gasteiger charge is -2.31. The first kappa shape index (κ1) is 19.8. The summed E-state index contributed by atoms with van der Waals surface area (Å²) in [7, 11) is 0. The number of rotatable bonds is 6. The summed E-state index contributed by atoms with van der Waals surface area (Å²) >= 11 is 0. The molecule has 30 heavy (non-hydrogen) atoms. The molecule has 1 amide bonds. The maximum absolute atomic E-state index is 12.5. The molecular formula is C22H24N6O2. The molecule has 1 saturated heterocycles. The second-order valence-electron chi connectivity index (χ2n) is 7.31. The highest BCUT2D eigenvalue weighted by Crippen LogP contribution is 2.23. The van der Waals surface area contributed by atoms with Crippen molar-refractivity contribution in [3.63, 3.8) is 0 Å². The van der Waals surface area contributed by atoms with E-state index in [0.29, 0.717) is 13.1 Å². The molecular weight excluding hydrogens is 380 g/mol. The number of nitrogens with one attached hydrogen (secondary N) is 1. The van der Waals surface area contributed by atoms with E-state index in [0.717, 1.165) is 43.0 Å². The van der Waals surface area contributed by atoms with Crippen LogP contribution in [0.4, 0.5) is 5.82 Å². The molecule has 0 bridgehead atoms. The van der Waals surface area contributed by atoms with Gasteiger partial charge in [-0.25, -0.2) is 4.98 Å². The first-order valence-electron chi connectivity index (χ1n) is 10.1. The lowest BCUT2D eigenvalue weighted by molar-refractivity contribution is -0.125. The Morgan fingerprint density at radius 1 is 1.03 bits per heavy atom. The lowest BCUT2D eigenvalue weighted by atomic mass is 9.96. The highest BCUT2D eigenvalue weighted by molar-refractivity contribution is 5.78. The quantitative estimate of drug-likeness (QED) is 0.673. The predicted octanol–water partition coefficient (Wildman–Crippen LogP) is 1.73. The summed E-state index contributed by atoms with van der Waals surface area (Å²) in [5.41, 5.74) is 1.77. The molecule has 0 radical (unpaired) electrons. The fraction of sp³-hybridized carbons (Fsp3) is 0.318. The summed E-state index contributed by atoms with van der Waals surface area (Å²) in [6.07, 6.45) is 4.48. The molecule has 0 aliphatic carbocycles. The van der Waals surface area contributed by atoms with Gasteiger partial charge in [-0.2, -0.15) is 0 Å². The highest BCUT2D eigenvalue weighted by Gasteiger charge is 2.25. The number of piperidine rings is 1. The van der Waals surface area contributed by atoms with E-state index >= 15 is 0 Å². The Hall–Kier alpha value is -3.55. The van der Waals surface area contributed by atoms with Crippen LogP contribution in [0.25, 0.3) is 11.3 Å². The zero-order valence-electron chi connectivity index (χ0n) is 16.6. The van der Waals surface area contributed by atoms with Gasteiger partial charge in [0, 0.05) is 49.9 Å². The standard InChI is InChI=1S/C22H24N6O2/c29-21-8-11-23-16-28(21)15-12-24-22(30)18-9-13-27(14-10-18)20-7-6-19(25-26-20)17-4-2-1-3-5-17/h1-8,11,16,18H,9-10,12-15H2,(H,24,30). The van der Waals surface area contributed by atoms with Gasteiger partial charge in [-0.15, -0.1) is 10.2 Å². The van der Waals surface area contributed by atoms with Crippen molar-refractivity contribution in [2.45, 2.75) is 19.4 Å². The predicted molar refractivity (Wildman–Crippen MR) is 114 cm³/mol. The lowest BCUT2D eigenvalue weighted by Crippen LogP contribution is -2.42. The molecule has 0 spiro atoms. The number of aromatic nitrogens is 4. The number of carbonyl (C=O) groups excluding carboxylic acids is 1. The van der Waals surface area contributed by atoms with Crippen molar-refractivity contribution < 1.29 is 4.79 Å². The van der Waals surface area contributed by atoms with Crippen LogP contribution in [0.5, 0.6) is 0 Å². The Kier molecular flexibility index (Phi) is 6.12. The van der Waals surface area contributed by atoms with E-state index in [1.807, 2.05) is 42.5 Å². The third-order valence-corrected chi connectivity index (χ3v) is 5.35. The molecule has 0 atom stereocenters. The number of anilines is 1. The van der Waals surface area contributed by atoms with Crippen LogP contribution in [0.2, 0.25) is 0 Å². The minimum absolute atomic E-state index is 0.0246. The SMILES string of the molecule is O=C(NCCn1cnccc1=O)C1CCN(c2ccc(-c3ccccc3)nn2)CC1. The zero-order valence-corrected chi connectivity index (χ0v) is 16.6. The molecule has 1 aliphatic rings. The number of nitrogens with zero attached hydrogens (tertiary/aromatic N) is 5. The van der Waals surface area contributed by atoms with Gasteiger partial charge in [-0.05, 0) is 25.0 Å². The van der Waals surface area contributed by atoms with E-state index in [9.17, 15) is 9.59 Å². The van der Waals surface area contributed by atoms with Gasteiger partial charge < -0.3 is 10.2 Å². The fourth-order valence-electron chi connectivity index (χ4n) is 3.62. The van der Waals surface area contributed by atoms with E-state index in [1.165, 1.54) is 23.2 Å². The molecule has 3 aromatic rings. The van der Waals surface area contributed by atoms with Crippen molar-refractivity contribution >= 4 is 11.7 Å². The Bertz CT molecular complexity index is 1030. The van der Waals surface area contributed by atoms with Crippen LogP contribution in [-0.4, -0.2) is 45.3 Å². The van der Waals surface area contributed by atoms with E-state index in [2.05, 4.69) is 25.4 Å². The van der Waals surface area contributed by atoms with Crippen LogP contribution in [-0.2, 0) is 11.3 Å². The molecule has 4 rings (SSSR count). The normalized spacial score (nSPS) is 14.5. The topological polar surface area (TPSA) is 93.0 Å². The Balaban J connectivity index is 1.26. The molecule has 2 aromatic heterocycles. The van der Waals surface area contributed by atoms with Crippen molar-refractivity contribution in [2.24, 2.45) is 5.92 Å². The molecule has 1 aromatic carbocycles. The minimum atomic E-state index is -0.119. The number of amides is 1. The number of hydrogen-bond acceptors (Lipinski definition) is 6. The summed E-state index contributed by atoms with van der Waals surface area (Å²) in [6.45, 7) is 2.36. The molecule has 8 nitrogen and oxygen atoms in total. The van der Waals surface area contributed by atoms with Gasteiger partial charge in [0.2, 0.25) is 5.91 Å². The average molecular weight is 404 g/mol. The maximum atomic E-state index is 12.5. The van der Waals surface area contributed by atoms with Gasteiger partial charge in [-0.3, -0.25) is 14.2 Å². The third kappa shape index (κ3) is 4.71. The van der Waals surface area contributed by atoms with Gasteiger partial charge in [0.05, 0.1) is 12.0 Å². The Morgan fingerprint density at radius 3 is 2.53 bits per heavy atom. The van der Waals surface area contributed by atoms with E-state index in [4.69, 9.17) is 0 Å². The monoisotopic (exact) mass is 404 g/mol. The van der Waals surface area contributed by atoms with Crippen LogP contribution in [0, 0.1) is 5.92 Å². The van der Waals surface area contributed by atoms with Crippen molar-refractivity contribution in [1.82, 2.24) is 25.1 Å². The van der Waals surface area contributed by atoms with Crippen molar-refractivity contribution in [3.05, 3.63) is 71.4 Å². The van der Waals surface area contributed by atoms with E-state index < -0.39 is 0 Å². The largest absolute Gasteiger partial charge is 0.355 e. The van der Waals surface area contributed by atoms with Crippen LogP contribution < -0.4 is 15.8 Å². The van der Waals surface area contributed by atoms with Gasteiger partial charge in [0.15, 0.2) is 5.82 Å². The molecule has 0 unspecified atom stereocenters. The first-order chi connectivity index (χ1) is 14.7. The molecule has 3 heterocycles. The van der Waals surface area contributed by atoms with Gasteiger partial charge >= 0.3 is 0 Å². The Labute approximate surface area is 174 Å². The van der Waals surface area contributed by atoms with Crippen molar-refractivity contribution in [1.29, 1.82) is 0 Å². The molecule has 1 fully saturated rings. The molecule has 8 heteroatoms. The van der Waals surface area contributed by atoms with Crippen LogP contribution in [0.3, 0.4) is 0 Å². The zero-order chi connectivity index (χ0) is 20.8. The maximum Gasteiger partial charge on any atom is 0.253 e. The fourth-order valence-corrected chi connectivity index (χ4v) is 3.62.